The summed E-state index contributed by atoms with van der Waals surface area (Å²) in [4.78, 5) is 29.3. The van der Waals surface area contributed by atoms with E-state index in [0.717, 1.165) is 42.5 Å². The highest BCUT2D eigenvalue weighted by Crippen LogP contribution is 2.28. The Bertz CT molecular complexity index is 1140. The monoisotopic (exact) mass is 431 g/mol. The van der Waals surface area contributed by atoms with Gasteiger partial charge in [-0.15, -0.1) is 0 Å². The van der Waals surface area contributed by atoms with E-state index >= 15 is 0 Å². The van der Waals surface area contributed by atoms with Crippen LogP contribution in [0.15, 0.2) is 48.5 Å². The molecule has 0 bridgehead atoms. The molecular formula is C26H29N3O3. The highest BCUT2D eigenvalue weighted by Gasteiger charge is 2.34. The average molecular weight is 432 g/mol. The second-order valence-electron chi connectivity index (χ2n) is 8.49. The van der Waals surface area contributed by atoms with Crippen molar-refractivity contribution in [3.63, 3.8) is 0 Å². The van der Waals surface area contributed by atoms with Gasteiger partial charge in [0.25, 0.3) is 5.91 Å². The molecule has 1 aliphatic rings. The number of fused-ring (bicyclic) bond motifs is 1. The maximum absolute atomic E-state index is 12.7. The van der Waals surface area contributed by atoms with Gasteiger partial charge in [-0.1, -0.05) is 43.7 Å². The van der Waals surface area contributed by atoms with Crippen LogP contribution >= 0.6 is 0 Å². The Hall–Kier alpha value is -3.25. The Kier molecular flexibility index (Phi) is 6.51. The first-order valence-corrected chi connectivity index (χ1v) is 11.2. The van der Waals surface area contributed by atoms with E-state index in [4.69, 9.17) is 10.2 Å². The lowest BCUT2D eigenvalue weighted by Gasteiger charge is -2.19. The number of benzene rings is 2. The molecule has 166 valence electrons. The van der Waals surface area contributed by atoms with Crippen molar-refractivity contribution in [1.29, 1.82) is 0 Å². The first-order chi connectivity index (χ1) is 15.5. The molecule has 3 N–H and O–H groups in total. The average Bonchev–Trinajstić information content (AvgIpc) is 3.27. The number of aryl methyl sites for hydroxylation is 1. The van der Waals surface area contributed by atoms with Crippen LogP contribution in [0.3, 0.4) is 0 Å². The number of amides is 2. The van der Waals surface area contributed by atoms with Crippen LogP contribution in [0.25, 0.3) is 10.9 Å². The van der Waals surface area contributed by atoms with Gasteiger partial charge in [-0.2, -0.15) is 0 Å². The summed E-state index contributed by atoms with van der Waals surface area (Å²) in [5.74, 6) is -1.02. The maximum Gasteiger partial charge on any atom is 0.251 e. The number of para-hydroxylation sites is 1. The van der Waals surface area contributed by atoms with Crippen molar-refractivity contribution < 1.29 is 14.8 Å². The lowest BCUT2D eigenvalue weighted by molar-refractivity contribution is -0.133. The van der Waals surface area contributed by atoms with Crippen LogP contribution in [0, 0.1) is 12.8 Å². The third-order valence-electron chi connectivity index (χ3n) is 6.55. The van der Waals surface area contributed by atoms with Crippen molar-refractivity contribution in [2.24, 2.45) is 5.92 Å². The molecule has 0 aliphatic heterocycles. The highest BCUT2D eigenvalue weighted by molar-refractivity contribution is 5.95. The number of aromatic nitrogens is 1. The van der Waals surface area contributed by atoms with Crippen molar-refractivity contribution in [2.45, 2.75) is 52.0 Å². The Labute approximate surface area is 188 Å². The number of pyridine rings is 1. The van der Waals surface area contributed by atoms with Gasteiger partial charge in [-0.25, -0.2) is 5.48 Å². The minimum Gasteiger partial charge on any atom is -0.349 e. The molecule has 1 saturated carbocycles. The summed E-state index contributed by atoms with van der Waals surface area (Å²) < 4.78 is 0. The zero-order valence-electron chi connectivity index (χ0n) is 18.5. The number of hydrogen-bond acceptors (Lipinski definition) is 4. The van der Waals surface area contributed by atoms with Crippen molar-refractivity contribution in [3.8, 4) is 0 Å². The van der Waals surface area contributed by atoms with Gasteiger partial charge in [0.2, 0.25) is 5.91 Å². The van der Waals surface area contributed by atoms with E-state index in [2.05, 4.69) is 25.2 Å². The smallest absolute Gasteiger partial charge is 0.251 e. The van der Waals surface area contributed by atoms with Crippen LogP contribution in [0.5, 0.6) is 0 Å². The molecule has 3 aromatic rings. The molecule has 4 rings (SSSR count). The van der Waals surface area contributed by atoms with Gasteiger partial charge in [-0.05, 0) is 67.5 Å². The minimum absolute atomic E-state index is 0.196. The lowest BCUT2D eigenvalue weighted by Crippen LogP contribution is -2.43. The van der Waals surface area contributed by atoms with Crippen LogP contribution in [-0.2, 0) is 17.6 Å². The zero-order valence-corrected chi connectivity index (χ0v) is 18.5. The van der Waals surface area contributed by atoms with Gasteiger partial charge in [0, 0.05) is 22.7 Å². The molecule has 0 unspecified atom stereocenters. The van der Waals surface area contributed by atoms with Crippen LogP contribution in [0.1, 0.15) is 58.9 Å². The van der Waals surface area contributed by atoms with E-state index in [0.29, 0.717) is 12.0 Å². The van der Waals surface area contributed by atoms with Crippen LogP contribution in [-0.4, -0.2) is 28.0 Å². The SMILES string of the molecule is CCc1c(C)nc2ccccc2c1Cc1ccc(C(=O)N[C@H]2CCC[C@H]2C(=O)NO)cc1. The molecule has 0 radical (unpaired) electrons. The Morgan fingerprint density at radius 1 is 1.06 bits per heavy atom. The number of rotatable bonds is 6. The number of carbonyl (C=O) groups excluding carboxylic acids is 2. The predicted molar refractivity (Wildman–Crippen MR) is 124 cm³/mol. The normalized spacial score (nSPS) is 18.0. The molecule has 6 nitrogen and oxygen atoms in total. The molecule has 32 heavy (non-hydrogen) atoms. The molecular weight excluding hydrogens is 402 g/mol. The van der Waals surface area contributed by atoms with Crippen molar-refractivity contribution >= 4 is 22.7 Å². The molecule has 1 aliphatic carbocycles. The van der Waals surface area contributed by atoms with E-state index in [1.54, 1.807) is 5.48 Å². The second-order valence-corrected chi connectivity index (χ2v) is 8.49. The number of nitrogens with one attached hydrogen (secondary N) is 2. The van der Waals surface area contributed by atoms with Gasteiger partial charge >= 0.3 is 0 Å². The van der Waals surface area contributed by atoms with Crippen molar-refractivity contribution in [1.82, 2.24) is 15.8 Å². The third kappa shape index (κ3) is 4.36. The largest absolute Gasteiger partial charge is 0.349 e. The Morgan fingerprint density at radius 2 is 1.81 bits per heavy atom. The Morgan fingerprint density at radius 3 is 2.53 bits per heavy atom. The molecule has 1 fully saturated rings. The van der Waals surface area contributed by atoms with Gasteiger partial charge < -0.3 is 5.32 Å². The van der Waals surface area contributed by atoms with E-state index in [1.807, 2.05) is 42.5 Å². The molecule has 0 saturated heterocycles. The first kappa shape index (κ1) is 22.0. The van der Waals surface area contributed by atoms with Crippen LogP contribution in [0.2, 0.25) is 0 Å². The molecule has 2 aromatic carbocycles. The number of hydrogen-bond donors (Lipinski definition) is 3. The van der Waals surface area contributed by atoms with Gasteiger partial charge in [0.1, 0.15) is 0 Å². The lowest BCUT2D eigenvalue weighted by atomic mass is 9.93. The summed E-state index contributed by atoms with van der Waals surface area (Å²) in [7, 11) is 0. The van der Waals surface area contributed by atoms with Gasteiger partial charge in [0.15, 0.2) is 0 Å². The first-order valence-electron chi connectivity index (χ1n) is 11.2. The van der Waals surface area contributed by atoms with Gasteiger partial charge in [-0.3, -0.25) is 19.8 Å². The third-order valence-corrected chi connectivity index (χ3v) is 6.55. The fourth-order valence-corrected chi connectivity index (χ4v) is 4.89. The zero-order chi connectivity index (χ0) is 22.7. The summed E-state index contributed by atoms with van der Waals surface area (Å²) in [6.45, 7) is 4.22. The summed E-state index contributed by atoms with van der Waals surface area (Å²) in [6, 6.07) is 15.6. The highest BCUT2D eigenvalue weighted by atomic mass is 16.5. The standard InChI is InChI=1S/C26H29N3O3/c1-3-19-16(2)27-23-9-5-4-7-20(23)22(19)15-17-11-13-18(14-12-17)25(30)28-24-10-6-8-21(24)26(31)29-32/h4-5,7,9,11-14,21,24,32H,3,6,8,10,15H2,1-2H3,(H,28,30)(H,29,31)/t21-,24+/m1/s1. The molecule has 6 heteroatoms. The second kappa shape index (κ2) is 9.49. The predicted octanol–water partition coefficient (Wildman–Crippen LogP) is 4.10. The minimum atomic E-state index is -0.435. The van der Waals surface area contributed by atoms with Crippen LogP contribution in [0.4, 0.5) is 0 Å². The van der Waals surface area contributed by atoms with Gasteiger partial charge in [0.05, 0.1) is 11.4 Å². The Balaban J connectivity index is 1.53. The van der Waals surface area contributed by atoms with Crippen molar-refractivity contribution in [2.75, 3.05) is 0 Å². The molecule has 2 atom stereocenters. The molecule has 2 amide bonds. The van der Waals surface area contributed by atoms with E-state index in [-0.39, 0.29) is 17.9 Å². The van der Waals surface area contributed by atoms with Crippen LogP contribution < -0.4 is 10.8 Å². The number of nitrogens with zero attached hydrogens (tertiary/aromatic N) is 1. The van der Waals surface area contributed by atoms with E-state index in [9.17, 15) is 9.59 Å². The number of carbonyl (C=O) groups is 2. The molecule has 1 heterocycles. The summed E-state index contributed by atoms with van der Waals surface area (Å²) >= 11 is 0. The summed E-state index contributed by atoms with van der Waals surface area (Å²) in [6.07, 6.45) is 3.94. The topological polar surface area (TPSA) is 91.3 Å². The summed E-state index contributed by atoms with van der Waals surface area (Å²) in [5.41, 5.74) is 8.04. The number of hydroxylamine groups is 1. The fraction of sp³-hybridized carbons (Fsp3) is 0.346. The molecule has 1 aromatic heterocycles. The molecule has 0 spiro atoms. The fourth-order valence-electron chi connectivity index (χ4n) is 4.89. The quantitative estimate of drug-likeness (QED) is 0.405. The van der Waals surface area contributed by atoms with E-state index < -0.39 is 5.91 Å². The maximum atomic E-state index is 12.7. The van der Waals surface area contributed by atoms with E-state index in [1.165, 1.54) is 16.5 Å². The summed E-state index contributed by atoms with van der Waals surface area (Å²) in [5, 5.41) is 13.1. The van der Waals surface area contributed by atoms with Crippen molar-refractivity contribution in [3.05, 3.63) is 76.5 Å².